The van der Waals surface area contributed by atoms with E-state index < -0.39 is 122 Å². The van der Waals surface area contributed by atoms with Crippen molar-refractivity contribution in [2.24, 2.45) is 40.1 Å². The fourth-order valence-electron chi connectivity index (χ4n) is 21.2. The molecule has 149 heavy (non-hydrogen) atoms. The molecule has 5 aliphatic carbocycles. The van der Waals surface area contributed by atoms with E-state index in [9.17, 15) is 71.4 Å². The van der Waals surface area contributed by atoms with E-state index in [1.807, 2.05) is 86.6 Å². The smallest absolute Gasteiger partial charge is 0.312 e. The fraction of sp³-hybridized carbons (Fsp3) is 0.630. The zero-order valence-corrected chi connectivity index (χ0v) is 88.1. The van der Waals surface area contributed by atoms with Gasteiger partial charge in [0.05, 0.1) is 146 Å². The van der Waals surface area contributed by atoms with Crippen molar-refractivity contribution < 1.29 is 123 Å². The number of rotatable bonds is 63. The summed E-state index contributed by atoms with van der Waals surface area (Å²) in [4.78, 5) is 168. The van der Waals surface area contributed by atoms with Gasteiger partial charge in [-0.2, -0.15) is 8.42 Å². The predicted molar refractivity (Wildman–Crippen MR) is 556 cm³/mol. The van der Waals surface area contributed by atoms with Crippen molar-refractivity contribution in [1.29, 1.82) is 0 Å². The molecule has 10 rings (SSSR count). The van der Waals surface area contributed by atoms with Crippen LogP contribution in [0.5, 0.6) is 5.75 Å². The predicted octanol–water partition coefficient (Wildman–Crippen LogP) is 6.28. The highest BCUT2D eigenvalue weighted by atomic mass is 32.2. The van der Waals surface area contributed by atoms with Gasteiger partial charge in [0.15, 0.2) is 0 Å². The average molecular weight is 2100 g/mol. The number of nitrogens with zero attached hydrogens (tertiary/aromatic N) is 1. The van der Waals surface area contributed by atoms with Gasteiger partial charge in [-0.1, -0.05) is 122 Å². The molecule has 41 heteroatoms. The molecule has 0 spiro atoms. The maximum absolute atomic E-state index is 15.1. The zero-order chi connectivity index (χ0) is 107. The number of primary amides is 1. The molecule has 1 heterocycles. The van der Waals surface area contributed by atoms with E-state index in [-0.39, 0.29) is 210 Å². The number of nitrogens with one attached hydrogen (secondary N) is 11. The number of phenolic OH excluding ortho intramolecular Hbond substituents is 1. The van der Waals surface area contributed by atoms with E-state index in [1.165, 1.54) is 5.56 Å². The lowest BCUT2D eigenvalue weighted by Gasteiger charge is -2.56. The number of imide groups is 1. The van der Waals surface area contributed by atoms with Crippen LogP contribution in [0.2, 0.25) is 0 Å². The lowest BCUT2D eigenvalue weighted by atomic mass is 9.49. The number of fused-ring (bicyclic) bond motifs is 8. The summed E-state index contributed by atoms with van der Waals surface area (Å²) in [5.41, 5.74) is 18.5. The highest BCUT2D eigenvalue weighted by Crippen LogP contribution is 2.60. The molecule has 2 fully saturated rings. The van der Waals surface area contributed by atoms with Crippen LogP contribution >= 0.6 is 0 Å². The molecule has 6 aliphatic rings. The third-order valence-electron chi connectivity index (χ3n) is 29.3. The topological polar surface area (TPSA) is 570 Å². The quantitative estimate of drug-likeness (QED) is 0.0100. The van der Waals surface area contributed by atoms with Gasteiger partial charge in [0.2, 0.25) is 65.0 Å². The number of carbonyl (C=O) groups excluding carboxylic acids is 12. The average Bonchev–Trinajstić information content (AvgIpc) is 0.716. The lowest BCUT2D eigenvalue weighted by Crippen LogP contribution is -2.60. The Hall–Kier alpha value is -11.3. The number of unbranched alkanes of at least 4 members (excludes halogenated alkanes) is 1. The summed E-state index contributed by atoms with van der Waals surface area (Å²) in [5.74, 6) is -0.401. The summed E-state index contributed by atoms with van der Waals surface area (Å²) in [7, 11) is -4.16. The Morgan fingerprint density at radius 3 is 1.62 bits per heavy atom. The van der Waals surface area contributed by atoms with E-state index >= 15 is 4.79 Å². The molecule has 18 N–H and O–H groups in total. The molecule has 2 saturated carbocycles. The van der Waals surface area contributed by atoms with Crippen LogP contribution in [0.25, 0.3) is 0 Å². The van der Waals surface area contributed by atoms with Gasteiger partial charge >= 0.3 is 6.03 Å². The number of urea groups is 1. The highest BCUT2D eigenvalue weighted by molar-refractivity contribution is 7.85. The number of hydrogen-bond donors (Lipinski definition) is 16. The Labute approximate surface area is 874 Å². The van der Waals surface area contributed by atoms with Crippen LogP contribution in [0.15, 0.2) is 96.3 Å². The molecular weight excluding hydrogens is 1940 g/mol. The van der Waals surface area contributed by atoms with E-state index in [0.29, 0.717) is 115 Å². The monoisotopic (exact) mass is 2100 g/mol. The van der Waals surface area contributed by atoms with Gasteiger partial charge in [0.1, 0.15) is 36.5 Å². The number of aromatic hydroxyl groups is 1. The molecular formula is C108H158N14O26S. The molecule has 4 aromatic carbocycles. The molecule has 1 unspecified atom stereocenters. The summed E-state index contributed by atoms with van der Waals surface area (Å²) in [6.45, 7) is 15.4. The number of ether oxygens (including phenoxy) is 9. The molecule has 40 nitrogen and oxygen atoms in total. The summed E-state index contributed by atoms with van der Waals surface area (Å²) in [6.07, 6.45) is 10.6. The Balaban J connectivity index is 0.688. The maximum Gasteiger partial charge on any atom is 0.312 e. The number of phenols is 1. The first-order valence-electron chi connectivity index (χ1n) is 52.7. The van der Waals surface area contributed by atoms with E-state index in [1.54, 1.807) is 30.9 Å². The molecule has 4 aromatic rings. The van der Waals surface area contributed by atoms with E-state index in [2.05, 4.69) is 84.2 Å². The van der Waals surface area contributed by atoms with Gasteiger partial charge in [-0.3, -0.25) is 62.6 Å². The molecule has 0 radical (unpaired) electrons. The molecule has 1 aliphatic heterocycles. The third kappa shape index (κ3) is 37.1. The third-order valence-corrected chi connectivity index (χ3v) is 30.0. The standard InChI is InChI=1S/C108H158N14O26S/c1-73(2)97(101(133)119-85(24-16-47-115-104(110)136)99(131)118-86(39-51-123)98(130)116-79-33-29-75-31-35-89-105(3,81(75)69-79)42-17-44-107(89,5)102(134)121-103(135)108(6)45-18-43-106(4)82-70-80(124)34-30-76(82)32-36-90(106)108)120-100(132)84(23-14-15-46-112-94(128)72-148-88-26-9-7-8-22-83(96(88)109)111-48-54-142-58-62-146-66-64-144-60-56-140-52-40-92(126)114-50-68-149(137,138)139)117-93(127)41-53-141-57-61-145-65-67-147-63-59-143-55-49-113-91(125)37-38-95(129)122-71-78-21-11-10-19-74(78)27-28-77-20-12-13-25-87(77)122/h10-13,19-21,25,29-30,33-34,69-70,73,84-86,88-90,97,111,123-124H,7-9,14-18,22-24,26,31-32,35-68,71-72,109H2,1-6H3,(H,112,128)(H,113,125)(H,114,126)(H,116,130)(H,117,127)(H,118,131)(H,119,133)(H,120,132)(H3,110,115,136)(H,121,134,135)(H,137,138,139)/b96-83-/t84-,85+,86+,88?,89-,90-,97+,105-,106-,107+,108+/m1/s1. The minimum absolute atomic E-state index is 0.00329. The van der Waals surface area contributed by atoms with Gasteiger partial charge in [0, 0.05) is 87.5 Å². The Kier molecular flexibility index (Phi) is 48.7. The number of aliphatic hydroxyl groups is 1. The summed E-state index contributed by atoms with van der Waals surface area (Å²) >= 11 is 0. The van der Waals surface area contributed by atoms with Crippen LogP contribution in [0.1, 0.15) is 228 Å². The highest BCUT2D eigenvalue weighted by Gasteiger charge is 2.59. The Bertz CT molecular complexity index is 5350. The molecule has 0 aromatic heterocycles. The molecule has 0 saturated heterocycles. The molecule has 822 valence electrons. The normalized spacial score (nSPS) is 21.0. The SMILES string of the molecule is CC(C)[C@H](NC(=O)[C@@H](CCCCNC(=O)COC1CCCCC/C(NCCOCCOCCOCCOCCC(=O)NCCS(=O)(=O)O)=C\1N)NC(=O)CCOCCOCCOCCOCCNC(=O)CCC(=O)N1Cc2ccccc2C#Cc2ccccc21)C(=O)N[C@@H](CCCNC(N)=O)C(=O)N[C@@H](CCO)C(=O)Nc1ccc2c(c1)[C@@]1(C)CCC[C@](C)(C(=O)NC(=O)[C@@]3(C)CCC[C@]4(C)c5cc(O)ccc5CC[C@@H]34)[C@@H]1CC2. The second-order valence-corrected chi connectivity index (χ2v) is 41.9. The van der Waals surface area contributed by atoms with Crippen molar-refractivity contribution >= 4 is 92.5 Å². The first-order chi connectivity index (χ1) is 71.5. The fourth-order valence-corrected chi connectivity index (χ4v) is 21.6. The number of anilines is 2. The Morgan fingerprint density at radius 1 is 0.483 bits per heavy atom. The number of nitrogens with two attached hydrogens (primary N) is 2. The van der Waals surface area contributed by atoms with Crippen LogP contribution < -0.4 is 74.9 Å². The number of benzene rings is 4. The zero-order valence-electron chi connectivity index (χ0n) is 87.3. The van der Waals surface area contributed by atoms with Crippen molar-refractivity contribution in [1.82, 2.24) is 53.2 Å². The number of aryl methyl sites for hydroxylation is 2. The van der Waals surface area contributed by atoms with E-state index in [0.717, 1.165) is 90.4 Å². The number of para-hydroxylation sites is 1. The first kappa shape index (κ1) is 120. The molecule has 0 bridgehead atoms. The van der Waals surface area contributed by atoms with Gasteiger partial charge in [-0.15, -0.1) is 0 Å². The van der Waals surface area contributed by atoms with Crippen molar-refractivity contribution in [2.75, 3.05) is 168 Å². The minimum Gasteiger partial charge on any atom is -0.508 e. The number of allylic oxidation sites excluding steroid dienone is 1. The summed E-state index contributed by atoms with van der Waals surface area (Å²) in [5, 5.41) is 52.1. The molecule has 13 amide bonds. The summed E-state index contributed by atoms with van der Waals surface area (Å²) < 4.78 is 81.5. The second-order valence-electron chi connectivity index (χ2n) is 40.4. The lowest BCUT2D eigenvalue weighted by molar-refractivity contribution is -0.150. The van der Waals surface area contributed by atoms with Crippen molar-refractivity contribution in [2.45, 2.75) is 250 Å². The van der Waals surface area contributed by atoms with Crippen LogP contribution in [-0.2, 0) is 136 Å². The summed E-state index contributed by atoms with van der Waals surface area (Å²) in [6, 6.07) is 20.1. The van der Waals surface area contributed by atoms with Crippen LogP contribution in [0.4, 0.5) is 16.2 Å². The number of amides is 13. The largest absolute Gasteiger partial charge is 0.508 e. The van der Waals surface area contributed by atoms with Gasteiger partial charge in [-0.25, -0.2) is 4.79 Å². The van der Waals surface area contributed by atoms with E-state index in [4.69, 9.17) is 58.7 Å². The first-order valence-corrected chi connectivity index (χ1v) is 54.3. The van der Waals surface area contributed by atoms with Crippen molar-refractivity contribution in [3.63, 3.8) is 0 Å². The van der Waals surface area contributed by atoms with Gasteiger partial charge in [0.25, 0.3) is 10.1 Å². The van der Waals surface area contributed by atoms with Crippen LogP contribution in [-0.4, -0.2) is 282 Å². The van der Waals surface area contributed by atoms with Gasteiger partial charge in [-0.05, 0) is 208 Å². The van der Waals surface area contributed by atoms with Crippen molar-refractivity contribution in [3.05, 3.63) is 135 Å². The van der Waals surface area contributed by atoms with Crippen molar-refractivity contribution in [3.8, 4) is 17.6 Å². The molecule has 11 atom stereocenters. The second kappa shape index (κ2) is 60.7. The number of hydrogen-bond acceptors (Lipinski definition) is 27. The van der Waals surface area contributed by atoms with Crippen LogP contribution in [0, 0.1) is 40.4 Å². The number of carbonyl (C=O) groups is 12. The Morgan fingerprint density at radius 2 is 1.00 bits per heavy atom. The van der Waals surface area contributed by atoms with Crippen LogP contribution in [0.3, 0.4) is 0 Å². The number of aliphatic hydroxyl groups excluding tert-OH is 1. The minimum atomic E-state index is -4.16. The maximum atomic E-state index is 15.1. The van der Waals surface area contributed by atoms with Gasteiger partial charge < -0.3 is 122 Å².